The summed E-state index contributed by atoms with van der Waals surface area (Å²) in [5, 5.41) is 12.4. The van der Waals surface area contributed by atoms with Gasteiger partial charge in [-0.3, -0.25) is 4.90 Å². The first-order valence-corrected chi connectivity index (χ1v) is 8.89. The number of hydrogen-bond acceptors (Lipinski definition) is 5. The molecule has 2 aliphatic rings. The molecule has 1 aromatic carbocycles. The lowest BCUT2D eigenvalue weighted by Gasteiger charge is -2.26. The molecular formula is C19H24ClN4O-. The van der Waals surface area contributed by atoms with Gasteiger partial charge in [-0.2, -0.15) is 0 Å². The molecule has 0 unspecified atom stereocenters. The number of aryl methyl sites for hydroxylation is 2. The molecule has 5 nitrogen and oxygen atoms in total. The van der Waals surface area contributed by atoms with Crippen LogP contribution in [0.15, 0.2) is 30.3 Å². The van der Waals surface area contributed by atoms with Crippen LogP contribution in [-0.2, 0) is 17.6 Å². The molecule has 2 heterocycles. The third kappa shape index (κ3) is 4.29. The van der Waals surface area contributed by atoms with E-state index in [4.69, 9.17) is 4.74 Å². The number of benzene rings is 1. The van der Waals surface area contributed by atoms with E-state index in [9.17, 15) is 0 Å². The van der Waals surface area contributed by atoms with Gasteiger partial charge >= 0.3 is 0 Å². The highest BCUT2D eigenvalue weighted by atomic mass is 35.5. The zero-order valence-corrected chi connectivity index (χ0v) is 15.1. The fourth-order valence-electron chi connectivity index (χ4n) is 3.54. The Morgan fingerprint density at radius 3 is 2.72 bits per heavy atom. The Labute approximate surface area is 155 Å². The highest BCUT2D eigenvalue weighted by molar-refractivity contribution is 5.68. The summed E-state index contributed by atoms with van der Waals surface area (Å²) in [7, 11) is 0. The maximum atomic E-state index is 5.38. The standard InChI is InChI=1S/C19H24N4O.ClH/c1-2-7-17-15(4-1)5-3-6-16-14-18(21-22-19(16)17)20-8-9-23-10-12-24-13-11-23;/h1-2,4,7,14H,3,5-6,8-13H2,(H,20,21);1H/p-1. The normalized spacial score (nSPS) is 17.0. The molecular weight excluding hydrogens is 336 g/mol. The Morgan fingerprint density at radius 2 is 1.84 bits per heavy atom. The van der Waals surface area contributed by atoms with Crippen LogP contribution in [0.3, 0.4) is 0 Å². The summed E-state index contributed by atoms with van der Waals surface area (Å²) in [5.41, 5.74) is 5.00. The minimum atomic E-state index is 0. The van der Waals surface area contributed by atoms with Gasteiger partial charge < -0.3 is 22.5 Å². The number of ether oxygens (including phenoxy) is 1. The molecule has 2 aromatic rings. The quantitative estimate of drug-likeness (QED) is 0.788. The van der Waals surface area contributed by atoms with E-state index in [0.717, 1.165) is 63.7 Å². The van der Waals surface area contributed by atoms with Crippen molar-refractivity contribution in [3.63, 3.8) is 0 Å². The topological polar surface area (TPSA) is 50.3 Å². The van der Waals surface area contributed by atoms with Crippen molar-refractivity contribution in [1.82, 2.24) is 15.1 Å². The number of anilines is 1. The van der Waals surface area contributed by atoms with Gasteiger partial charge in [0.1, 0.15) is 5.82 Å². The average molecular weight is 360 g/mol. The summed E-state index contributed by atoms with van der Waals surface area (Å²) >= 11 is 0. The highest BCUT2D eigenvalue weighted by Gasteiger charge is 2.16. The predicted molar refractivity (Wildman–Crippen MR) is 95.2 cm³/mol. The molecule has 0 spiro atoms. The first-order chi connectivity index (χ1) is 11.9. The van der Waals surface area contributed by atoms with Crippen molar-refractivity contribution >= 4 is 5.82 Å². The van der Waals surface area contributed by atoms with Gasteiger partial charge in [-0.25, -0.2) is 0 Å². The van der Waals surface area contributed by atoms with Crippen molar-refractivity contribution in [3.8, 4) is 11.3 Å². The third-order valence-corrected chi connectivity index (χ3v) is 4.88. The lowest BCUT2D eigenvalue weighted by atomic mass is 10.0. The van der Waals surface area contributed by atoms with Crippen molar-refractivity contribution in [2.45, 2.75) is 19.3 Å². The number of nitrogens with zero attached hydrogens (tertiary/aromatic N) is 3. The van der Waals surface area contributed by atoms with Crippen molar-refractivity contribution in [2.75, 3.05) is 44.7 Å². The Bertz CT molecular complexity index is 704. The maximum Gasteiger partial charge on any atom is 0.149 e. The van der Waals surface area contributed by atoms with Gasteiger partial charge in [0.2, 0.25) is 0 Å². The van der Waals surface area contributed by atoms with Crippen molar-refractivity contribution in [3.05, 3.63) is 41.5 Å². The van der Waals surface area contributed by atoms with Gasteiger partial charge in [0.15, 0.2) is 0 Å². The minimum absolute atomic E-state index is 0. The van der Waals surface area contributed by atoms with Crippen LogP contribution in [0.2, 0.25) is 0 Å². The van der Waals surface area contributed by atoms with E-state index in [-0.39, 0.29) is 12.4 Å². The summed E-state index contributed by atoms with van der Waals surface area (Å²) < 4.78 is 5.38. The number of hydrogen-bond donors (Lipinski definition) is 1. The Morgan fingerprint density at radius 1 is 1.04 bits per heavy atom. The van der Waals surface area contributed by atoms with Crippen LogP contribution in [0.1, 0.15) is 17.5 Å². The molecule has 6 heteroatoms. The van der Waals surface area contributed by atoms with Crippen LogP contribution in [0.25, 0.3) is 11.3 Å². The molecule has 0 saturated carbocycles. The van der Waals surface area contributed by atoms with Crippen LogP contribution in [-0.4, -0.2) is 54.5 Å². The summed E-state index contributed by atoms with van der Waals surface area (Å²) in [6.07, 6.45) is 3.35. The van der Waals surface area contributed by atoms with Gasteiger partial charge in [0.05, 0.1) is 18.9 Å². The first-order valence-electron chi connectivity index (χ1n) is 8.89. The van der Waals surface area contributed by atoms with Gasteiger partial charge in [-0.05, 0) is 36.5 Å². The van der Waals surface area contributed by atoms with Crippen LogP contribution in [0.4, 0.5) is 5.82 Å². The molecule has 1 N–H and O–H groups in total. The number of aromatic nitrogens is 2. The molecule has 0 amide bonds. The largest absolute Gasteiger partial charge is 1.00 e. The van der Waals surface area contributed by atoms with Gasteiger partial charge in [0, 0.05) is 31.7 Å². The van der Waals surface area contributed by atoms with Crippen molar-refractivity contribution < 1.29 is 17.1 Å². The lowest BCUT2D eigenvalue weighted by molar-refractivity contribution is -0.00000646. The van der Waals surface area contributed by atoms with Crippen LogP contribution in [0, 0.1) is 0 Å². The lowest BCUT2D eigenvalue weighted by Crippen LogP contribution is -3.00. The highest BCUT2D eigenvalue weighted by Crippen LogP contribution is 2.31. The number of nitrogens with one attached hydrogen (secondary N) is 1. The van der Waals surface area contributed by atoms with Crippen LogP contribution >= 0.6 is 0 Å². The van der Waals surface area contributed by atoms with Gasteiger partial charge in [-0.1, -0.05) is 24.3 Å². The van der Waals surface area contributed by atoms with E-state index in [2.05, 4.69) is 50.7 Å². The molecule has 25 heavy (non-hydrogen) atoms. The summed E-state index contributed by atoms with van der Waals surface area (Å²) in [5.74, 6) is 0.890. The van der Waals surface area contributed by atoms with E-state index in [1.165, 1.54) is 23.1 Å². The molecule has 4 rings (SSSR count). The molecule has 0 radical (unpaired) electrons. The number of morpholine rings is 1. The Balaban J connectivity index is 0.00000182. The molecule has 0 bridgehead atoms. The molecule has 1 fully saturated rings. The second-order valence-electron chi connectivity index (χ2n) is 6.49. The zero-order valence-electron chi connectivity index (χ0n) is 14.4. The SMILES string of the molecule is [Cl-].c1ccc2c(c1)CCCc1cc(NCCN3CCOCC3)nnc1-2. The van der Waals surface area contributed by atoms with Gasteiger partial charge in [-0.15, -0.1) is 10.2 Å². The predicted octanol–water partition coefficient (Wildman–Crippen LogP) is -0.620. The minimum Gasteiger partial charge on any atom is -1.00 e. The number of rotatable bonds is 4. The molecule has 1 aliphatic heterocycles. The van der Waals surface area contributed by atoms with E-state index in [0.29, 0.717) is 0 Å². The fourth-order valence-corrected chi connectivity index (χ4v) is 3.54. The summed E-state index contributed by atoms with van der Waals surface area (Å²) in [4.78, 5) is 2.42. The van der Waals surface area contributed by atoms with E-state index in [1.54, 1.807) is 0 Å². The number of fused-ring (bicyclic) bond motifs is 3. The van der Waals surface area contributed by atoms with Crippen LogP contribution < -0.4 is 17.7 Å². The Hall–Kier alpha value is -1.69. The third-order valence-electron chi connectivity index (χ3n) is 4.88. The monoisotopic (exact) mass is 359 g/mol. The Kier molecular flexibility index (Phi) is 6.24. The maximum absolute atomic E-state index is 5.38. The molecule has 134 valence electrons. The average Bonchev–Trinajstić information content (AvgIpc) is 2.81. The molecule has 1 aliphatic carbocycles. The zero-order chi connectivity index (χ0) is 16.2. The summed E-state index contributed by atoms with van der Waals surface area (Å²) in [6.45, 7) is 5.65. The van der Waals surface area contributed by atoms with Crippen LogP contribution in [0.5, 0.6) is 0 Å². The van der Waals surface area contributed by atoms with Crippen molar-refractivity contribution in [1.29, 1.82) is 0 Å². The second-order valence-corrected chi connectivity index (χ2v) is 6.49. The molecule has 0 atom stereocenters. The first kappa shape index (κ1) is 18.1. The van der Waals surface area contributed by atoms with E-state index < -0.39 is 0 Å². The molecule has 1 aromatic heterocycles. The molecule has 1 saturated heterocycles. The fraction of sp³-hybridized carbons (Fsp3) is 0.474. The summed E-state index contributed by atoms with van der Waals surface area (Å²) in [6, 6.07) is 10.8. The van der Waals surface area contributed by atoms with E-state index in [1.807, 2.05) is 0 Å². The van der Waals surface area contributed by atoms with Gasteiger partial charge in [0.25, 0.3) is 0 Å². The second kappa shape index (κ2) is 8.61. The van der Waals surface area contributed by atoms with E-state index >= 15 is 0 Å². The smallest absolute Gasteiger partial charge is 0.149 e. The number of halogens is 1. The van der Waals surface area contributed by atoms with Crippen molar-refractivity contribution in [2.24, 2.45) is 0 Å².